The number of likely N-dealkylation sites (N-methyl/N-ethyl adjacent to an activating group) is 1. The Hall–Kier alpha value is -0.390. The summed E-state index contributed by atoms with van der Waals surface area (Å²) in [4.78, 5) is 15.3. The summed E-state index contributed by atoms with van der Waals surface area (Å²) in [6.45, 7) is 1.26. The lowest BCUT2D eigenvalue weighted by molar-refractivity contribution is -0.135. The third-order valence-corrected chi connectivity index (χ3v) is 5.05. The normalized spacial score (nSPS) is 16.9. The summed E-state index contributed by atoms with van der Waals surface area (Å²) in [6, 6.07) is 4.15. The number of nitrogens with zero attached hydrogens (tertiary/aromatic N) is 1. The molecule has 94 valence electrons. The molecule has 0 radical (unpaired) electrons. The van der Waals surface area contributed by atoms with Gasteiger partial charge >= 0.3 is 0 Å². The molecular weight excluding hydrogens is 300 g/mol. The molecule has 1 aliphatic rings. The lowest BCUT2D eigenvalue weighted by Gasteiger charge is -2.22. The van der Waals surface area contributed by atoms with Gasteiger partial charge in [0.25, 0.3) is 0 Å². The highest BCUT2D eigenvalue weighted by Crippen LogP contribution is 2.45. The Kier molecular flexibility index (Phi) is 3.90. The van der Waals surface area contributed by atoms with Crippen molar-refractivity contribution in [3.63, 3.8) is 0 Å². The Balaban J connectivity index is 1.85. The number of nitrogens with two attached hydrogens (primary N) is 1. The fourth-order valence-corrected chi connectivity index (χ4v) is 3.40. The van der Waals surface area contributed by atoms with Crippen molar-refractivity contribution in [1.29, 1.82) is 0 Å². The molecule has 1 fully saturated rings. The molecule has 0 atom stereocenters. The van der Waals surface area contributed by atoms with E-state index in [1.54, 1.807) is 11.3 Å². The Morgan fingerprint density at radius 3 is 2.76 bits per heavy atom. The Morgan fingerprint density at radius 2 is 2.29 bits per heavy atom. The van der Waals surface area contributed by atoms with E-state index in [0.717, 1.165) is 29.6 Å². The molecule has 5 heteroatoms. The number of hydrogen-bond donors (Lipinski definition) is 1. The van der Waals surface area contributed by atoms with Gasteiger partial charge in [0.1, 0.15) is 0 Å². The van der Waals surface area contributed by atoms with Crippen LogP contribution in [0.15, 0.2) is 15.9 Å². The van der Waals surface area contributed by atoms with Crippen LogP contribution < -0.4 is 5.73 Å². The van der Waals surface area contributed by atoms with Gasteiger partial charge in [0.15, 0.2) is 0 Å². The van der Waals surface area contributed by atoms with E-state index < -0.39 is 0 Å². The first kappa shape index (κ1) is 13.1. The first-order chi connectivity index (χ1) is 8.07. The van der Waals surface area contributed by atoms with Gasteiger partial charge in [-0.3, -0.25) is 4.79 Å². The summed E-state index contributed by atoms with van der Waals surface area (Å²) in [5.41, 5.74) is 5.45. The first-order valence-electron chi connectivity index (χ1n) is 5.77. The minimum Gasteiger partial charge on any atom is -0.345 e. The molecule has 1 amide bonds. The zero-order valence-corrected chi connectivity index (χ0v) is 12.3. The molecule has 1 aromatic rings. The topological polar surface area (TPSA) is 46.3 Å². The Morgan fingerprint density at radius 1 is 1.59 bits per heavy atom. The maximum absolute atomic E-state index is 12.1. The standard InChI is InChI=1S/C12H17BrN2OS/c1-15(11(16)12(8-14)5-6-12)7-4-9-2-3-10(13)17-9/h2-3H,4-8,14H2,1H3. The number of thiophene rings is 1. The lowest BCUT2D eigenvalue weighted by Crippen LogP contribution is -2.39. The molecule has 1 aromatic heterocycles. The summed E-state index contributed by atoms with van der Waals surface area (Å²) < 4.78 is 1.14. The van der Waals surface area contributed by atoms with E-state index in [1.807, 2.05) is 18.0 Å². The summed E-state index contributed by atoms with van der Waals surface area (Å²) >= 11 is 5.17. The fraction of sp³-hybridized carbons (Fsp3) is 0.583. The predicted molar refractivity (Wildman–Crippen MR) is 74.1 cm³/mol. The highest BCUT2D eigenvalue weighted by Gasteiger charge is 2.49. The SMILES string of the molecule is CN(CCc1ccc(Br)s1)C(=O)C1(CN)CC1. The molecule has 17 heavy (non-hydrogen) atoms. The number of hydrogen-bond acceptors (Lipinski definition) is 3. The average molecular weight is 317 g/mol. The number of amides is 1. The van der Waals surface area contributed by atoms with Crippen LogP contribution >= 0.6 is 27.3 Å². The molecular formula is C12H17BrN2OS. The van der Waals surface area contributed by atoms with E-state index >= 15 is 0 Å². The van der Waals surface area contributed by atoms with Crippen LogP contribution in [0.5, 0.6) is 0 Å². The zero-order valence-electron chi connectivity index (χ0n) is 9.91. The van der Waals surface area contributed by atoms with E-state index in [2.05, 4.69) is 22.0 Å². The van der Waals surface area contributed by atoms with Gasteiger partial charge < -0.3 is 10.6 Å². The molecule has 1 heterocycles. The predicted octanol–water partition coefficient (Wildman–Crippen LogP) is 2.25. The van der Waals surface area contributed by atoms with E-state index in [-0.39, 0.29) is 11.3 Å². The highest BCUT2D eigenvalue weighted by atomic mass is 79.9. The van der Waals surface area contributed by atoms with Crippen LogP contribution in [0, 0.1) is 5.41 Å². The summed E-state index contributed by atoms with van der Waals surface area (Å²) in [5.74, 6) is 0.218. The summed E-state index contributed by atoms with van der Waals surface area (Å²) in [5, 5.41) is 0. The van der Waals surface area contributed by atoms with Crippen LogP contribution in [0.3, 0.4) is 0 Å². The summed E-state index contributed by atoms with van der Waals surface area (Å²) in [7, 11) is 1.88. The van der Waals surface area contributed by atoms with Gasteiger partial charge in [-0.1, -0.05) is 0 Å². The Bertz CT molecular complexity index is 414. The number of rotatable bonds is 5. The van der Waals surface area contributed by atoms with Crippen LogP contribution in [-0.2, 0) is 11.2 Å². The Labute approximate surface area is 114 Å². The zero-order chi connectivity index (χ0) is 12.5. The maximum atomic E-state index is 12.1. The highest BCUT2D eigenvalue weighted by molar-refractivity contribution is 9.11. The lowest BCUT2D eigenvalue weighted by atomic mass is 10.1. The van der Waals surface area contributed by atoms with E-state index in [1.165, 1.54) is 4.88 Å². The van der Waals surface area contributed by atoms with Crippen LogP contribution in [0.25, 0.3) is 0 Å². The molecule has 0 aromatic carbocycles. The molecule has 3 nitrogen and oxygen atoms in total. The van der Waals surface area contributed by atoms with Gasteiger partial charge in [0.05, 0.1) is 9.20 Å². The van der Waals surface area contributed by atoms with Crippen LogP contribution in [0.1, 0.15) is 17.7 Å². The van der Waals surface area contributed by atoms with Crippen molar-refractivity contribution in [3.05, 3.63) is 20.8 Å². The minimum atomic E-state index is -0.217. The van der Waals surface area contributed by atoms with Gasteiger partial charge in [-0.05, 0) is 47.3 Å². The molecule has 2 rings (SSSR count). The molecule has 0 bridgehead atoms. The monoisotopic (exact) mass is 316 g/mol. The minimum absolute atomic E-state index is 0.217. The van der Waals surface area contributed by atoms with E-state index in [0.29, 0.717) is 6.54 Å². The van der Waals surface area contributed by atoms with Crippen LogP contribution in [0.2, 0.25) is 0 Å². The van der Waals surface area contributed by atoms with E-state index in [4.69, 9.17) is 5.73 Å². The molecule has 0 saturated heterocycles. The van der Waals surface area contributed by atoms with Gasteiger partial charge in [-0.15, -0.1) is 11.3 Å². The van der Waals surface area contributed by atoms with Crippen molar-refractivity contribution in [2.24, 2.45) is 11.1 Å². The molecule has 2 N–H and O–H groups in total. The van der Waals surface area contributed by atoms with Crippen molar-refractivity contribution in [3.8, 4) is 0 Å². The fourth-order valence-electron chi connectivity index (χ4n) is 1.93. The van der Waals surface area contributed by atoms with Crippen molar-refractivity contribution < 1.29 is 4.79 Å². The van der Waals surface area contributed by atoms with Crippen molar-refractivity contribution in [1.82, 2.24) is 4.90 Å². The van der Waals surface area contributed by atoms with Crippen molar-refractivity contribution >= 4 is 33.2 Å². The van der Waals surface area contributed by atoms with E-state index in [9.17, 15) is 4.79 Å². The van der Waals surface area contributed by atoms with Crippen molar-refractivity contribution in [2.75, 3.05) is 20.1 Å². The average Bonchev–Trinajstić information content (AvgIpc) is 3.03. The smallest absolute Gasteiger partial charge is 0.229 e. The van der Waals surface area contributed by atoms with Gasteiger partial charge in [-0.25, -0.2) is 0 Å². The molecule has 1 aliphatic carbocycles. The summed E-state index contributed by atoms with van der Waals surface area (Å²) in [6.07, 6.45) is 2.83. The molecule has 1 saturated carbocycles. The second-order valence-electron chi connectivity index (χ2n) is 4.67. The second-order valence-corrected chi connectivity index (χ2v) is 7.21. The quantitative estimate of drug-likeness (QED) is 0.905. The van der Waals surface area contributed by atoms with Crippen molar-refractivity contribution in [2.45, 2.75) is 19.3 Å². The van der Waals surface area contributed by atoms with Gasteiger partial charge in [0.2, 0.25) is 5.91 Å². The largest absolute Gasteiger partial charge is 0.345 e. The first-order valence-corrected chi connectivity index (χ1v) is 7.38. The third-order valence-electron chi connectivity index (χ3n) is 3.37. The molecule has 0 aliphatic heterocycles. The second kappa shape index (κ2) is 5.08. The van der Waals surface area contributed by atoms with Gasteiger partial charge in [0, 0.05) is 25.0 Å². The van der Waals surface area contributed by atoms with Crippen LogP contribution in [0.4, 0.5) is 0 Å². The van der Waals surface area contributed by atoms with Gasteiger partial charge in [-0.2, -0.15) is 0 Å². The number of carbonyl (C=O) groups excluding carboxylic acids is 1. The number of carbonyl (C=O) groups is 1. The number of halogens is 1. The molecule has 0 spiro atoms. The molecule has 0 unspecified atom stereocenters. The maximum Gasteiger partial charge on any atom is 0.229 e. The van der Waals surface area contributed by atoms with Crippen LogP contribution in [-0.4, -0.2) is 30.9 Å². The third kappa shape index (κ3) is 2.89.